The summed E-state index contributed by atoms with van der Waals surface area (Å²) in [4.78, 5) is 16.3. The Morgan fingerprint density at radius 2 is 2.20 bits per heavy atom. The molecule has 0 spiro atoms. The predicted molar refractivity (Wildman–Crippen MR) is 60.6 cm³/mol. The summed E-state index contributed by atoms with van der Waals surface area (Å²) < 4.78 is 0. The van der Waals surface area contributed by atoms with Crippen LogP contribution in [0, 0.1) is 0 Å². The van der Waals surface area contributed by atoms with Gasteiger partial charge in [0.05, 0.1) is 6.04 Å². The highest BCUT2D eigenvalue weighted by molar-refractivity contribution is 5.83. The van der Waals surface area contributed by atoms with E-state index in [1.54, 1.807) is 0 Å². The van der Waals surface area contributed by atoms with E-state index < -0.39 is 0 Å². The molecule has 2 saturated heterocycles. The third kappa shape index (κ3) is 1.93. The van der Waals surface area contributed by atoms with Gasteiger partial charge >= 0.3 is 0 Å². The van der Waals surface area contributed by atoms with Gasteiger partial charge in [-0.15, -0.1) is 0 Å². The van der Waals surface area contributed by atoms with Crippen LogP contribution in [0.3, 0.4) is 0 Å². The third-order valence-electron chi connectivity index (χ3n) is 3.59. The van der Waals surface area contributed by atoms with Crippen molar-refractivity contribution in [3.63, 3.8) is 0 Å². The summed E-state index contributed by atoms with van der Waals surface area (Å²) in [6.45, 7) is 5.86. The number of hydrogen-bond donors (Lipinski definition) is 0. The number of carbonyl (C=O) groups excluding carboxylic acids is 1. The molecule has 3 heteroatoms. The standard InChI is InChI=1S/C12H20N2O/c1-9(2)6-7-14-8-10-4-5-11(12(14)15)13(10)3/h6,10-11H,4-5,7-8H2,1-3H3. The largest absolute Gasteiger partial charge is 0.336 e. The average molecular weight is 208 g/mol. The Bertz CT molecular complexity index is 294. The van der Waals surface area contributed by atoms with Gasteiger partial charge in [0.1, 0.15) is 0 Å². The van der Waals surface area contributed by atoms with Crippen molar-refractivity contribution in [2.75, 3.05) is 20.1 Å². The van der Waals surface area contributed by atoms with Gasteiger partial charge in [-0.2, -0.15) is 0 Å². The van der Waals surface area contributed by atoms with Crippen LogP contribution in [0.4, 0.5) is 0 Å². The fourth-order valence-corrected chi connectivity index (χ4v) is 2.54. The number of likely N-dealkylation sites (tertiary alicyclic amines) is 1. The van der Waals surface area contributed by atoms with E-state index in [0.717, 1.165) is 19.5 Å². The molecule has 1 amide bonds. The lowest BCUT2D eigenvalue weighted by atomic mass is 10.2. The average Bonchev–Trinajstić information content (AvgIpc) is 2.43. The fourth-order valence-electron chi connectivity index (χ4n) is 2.54. The molecule has 0 aliphatic carbocycles. The normalized spacial score (nSPS) is 30.9. The van der Waals surface area contributed by atoms with Crippen molar-refractivity contribution in [2.24, 2.45) is 0 Å². The molecule has 2 heterocycles. The summed E-state index contributed by atoms with van der Waals surface area (Å²) in [5.41, 5.74) is 1.29. The SMILES string of the molecule is CC(C)=CCN1CC2CCC(C1=O)N2C. The van der Waals surface area contributed by atoms with Crippen LogP contribution in [0.15, 0.2) is 11.6 Å². The van der Waals surface area contributed by atoms with Crippen molar-refractivity contribution >= 4 is 5.91 Å². The number of hydrogen-bond acceptors (Lipinski definition) is 2. The maximum absolute atomic E-state index is 12.1. The molecule has 2 rings (SSSR count). The molecule has 0 N–H and O–H groups in total. The number of amides is 1. The number of carbonyl (C=O) groups is 1. The van der Waals surface area contributed by atoms with Crippen LogP contribution in [0.25, 0.3) is 0 Å². The van der Waals surface area contributed by atoms with Crippen LogP contribution >= 0.6 is 0 Å². The van der Waals surface area contributed by atoms with Crippen molar-refractivity contribution in [3.8, 4) is 0 Å². The van der Waals surface area contributed by atoms with E-state index in [4.69, 9.17) is 0 Å². The first-order valence-electron chi connectivity index (χ1n) is 5.73. The molecule has 3 nitrogen and oxygen atoms in total. The first-order chi connectivity index (χ1) is 7.09. The molecule has 0 aromatic heterocycles. The van der Waals surface area contributed by atoms with Gasteiger partial charge in [0.25, 0.3) is 0 Å². The Labute approximate surface area is 91.7 Å². The quantitative estimate of drug-likeness (QED) is 0.638. The topological polar surface area (TPSA) is 23.6 Å². The molecule has 84 valence electrons. The Morgan fingerprint density at radius 3 is 2.87 bits per heavy atom. The van der Waals surface area contributed by atoms with E-state index in [9.17, 15) is 4.79 Å². The molecular weight excluding hydrogens is 188 g/mol. The highest BCUT2D eigenvalue weighted by Crippen LogP contribution is 2.29. The molecular formula is C12H20N2O. The summed E-state index contributed by atoms with van der Waals surface area (Å²) in [5, 5.41) is 0. The van der Waals surface area contributed by atoms with E-state index >= 15 is 0 Å². The summed E-state index contributed by atoms with van der Waals surface area (Å²) in [7, 11) is 2.08. The van der Waals surface area contributed by atoms with E-state index in [1.165, 1.54) is 12.0 Å². The summed E-state index contributed by atoms with van der Waals surface area (Å²) in [6.07, 6.45) is 4.37. The molecule has 0 aromatic carbocycles. The van der Waals surface area contributed by atoms with Crippen LogP contribution in [0.1, 0.15) is 26.7 Å². The van der Waals surface area contributed by atoms with Crippen molar-refractivity contribution in [1.29, 1.82) is 0 Å². The minimum Gasteiger partial charge on any atom is -0.336 e. The van der Waals surface area contributed by atoms with Gasteiger partial charge in [-0.05, 0) is 33.7 Å². The minimum atomic E-state index is 0.161. The summed E-state index contributed by atoms with van der Waals surface area (Å²) >= 11 is 0. The zero-order chi connectivity index (χ0) is 11.0. The van der Waals surface area contributed by atoms with Crippen molar-refractivity contribution in [1.82, 2.24) is 9.80 Å². The molecule has 2 fully saturated rings. The zero-order valence-corrected chi connectivity index (χ0v) is 9.86. The van der Waals surface area contributed by atoms with Gasteiger partial charge < -0.3 is 4.90 Å². The van der Waals surface area contributed by atoms with Crippen LogP contribution in [-0.4, -0.2) is 47.9 Å². The maximum Gasteiger partial charge on any atom is 0.240 e. The first kappa shape index (κ1) is 10.7. The second-order valence-corrected chi connectivity index (χ2v) is 4.94. The van der Waals surface area contributed by atoms with Gasteiger partial charge in [-0.25, -0.2) is 0 Å². The first-order valence-corrected chi connectivity index (χ1v) is 5.73. The number of allylic oxidation sites excluding steroid dienone is 1. The maximum atomic E-state index is 12.1. The van der Waals surface area contributed by atoms with E-state index in [1.807, 2.05) is 4.90 Å². The third-order valence-corrected chi connectivity index (χ3v) is 3.59. The Balaban J connectivity index is 2.04. The Hall–Kier alpha value is -0.830. The van der Waals surface area contributed by atoms with Crippen molar-refractivity contribution in [3.05, 3.63) is 11.6 Å². The van der Waals surface area contributed by atoms with Crippen LogP contribution < -0.4 is 0 Å². The minimum absolute atomic E-state index is 0.161. The van der Waals surface area contributed by atoms with Crippen molar-refractivity contribution in [2.45, 2.75) is 38.8 Å². The monoisotopic (exact) mass is 208 g/mol. The molecule has 15 heavy (non-hydrogen) atoms. The molecule has 2 bridgehead atoms. The lowest BCUT2D eigenvalue weighted by molar-refractivity contribution is -0.139. The number of piperazine rings is 1. The number of likely N-dealkylation sites (N-methyl/N-ethyl adjacent to an activating group) is 1. The Morgan fingerprint density at radius 1 is 1.47 bits per heavy atom. The van der Waals surface area contributed by atoms with Crippen LogP contribution in [0.2, 0.25) is 0 Å². The molecule has 2 aliphatic heterocycles. The molecule has 0 saturated carbocycles. The number of nitrogens with zero attached hydrogens (tertiary/aromatic N) is 2. The van der Waals surface area contributed by atoms with Crippen molar-refractivity contribution < 1.29 is 4.79 Å². The van der Waals surface area contributed by atoms with E-state index in [0.29, 0.717) is 11.9 Å². The smallest absolute Gasteiger partial charge is 0.240 e. The lowest BCUT2D eigenvalue weighted by Gasteiger charge is -2.37. The molecule has 2 unspecified atom stereocenters. The van der Waals surface area contributed by atoms with Gasteiger partial charge in [-0.1, -0.05) is 11.6 Å². The molecule has 0 radical (unpaired) electrons. The highest BCUT2D eigenvalue weighted by Gasteiger charge is 2.42. The van der Waals surface area contributed by atoms with E-state index in [-0.39, 0.29) is 6.04 Å². The highest BCUT2D eigenvalue weighted by atomic mass is 16.2. The lowest BCUT2D eigenvalue weighted by Crippen LogP contribution is -2.55. The molecule has 0 aromatic rings. The predicted octanol–water partition coefficient (Wildman–Crippen LogP) is 1.26. The van der Waals surface area contributed by atoms with E-state index in [2.05, 4.69) is 31.9 Å². The van der Waals surface area contributed by atoms with Crippen LogP contribution in [0.5, 0.6) is 0 Å². The molecule has 2 atom stereocenters. The van der Waals surface area contributed by atoms with Gasteiger partial charge in [0, 0.05) is 19.1 Å². The van der Waals surface area contributed by atoms with Gasteiger partial charge in [-0.3, -0.25) is 9.69 Å². The number of rotatable bonds is 2. The zero-order valence-electron chi connectivity index (χ0n) is 9.86. The van der Waals surface area contributed by atoms with Gasteiger partial charge in [0.15, 0.2) is 0 Å². The Kier molecular flexibility index (Phi) is 2.83. The molecule has 2 aliphatic rings. The summed E-state index contributed by atoms with van der Waals surface area (Å²) in [5.74, 6) is 0.323. The second kappa shape index (κ2) is 3.97. The van der Waals surface area contributed by atoms with Gasteiger partial charge in [0.2, 0.25) is 5.91 Å². The second-order valence-electron chi connectivity index (χ2n) is 4.94. The number of fused-ring (bicyclic) bond motifs is 2. The fraction of sp³-hybridized carbons (Fsp3) is 0.750. The summed E-state index contributed by atoms with van der Waals surface area (Å²) in [6, 6.07) is 0.757. The van der Waals surface area contributed by atoms with Crippen LogP contribution in [-0.2, 0) is 4.79 Å².